The van der Waals surface area contributed by atoms with Crippen molar-refractivity contribution in [2.45, 2.75) is 0 Å². The summed E-state index contributed by atoms with van der Waals surface area (Å²) >= 11 is 1.79. The lowest BCUT2D eigenvalue weighted by Crippen LogP contribution is -2.04. The number of benzene rings is 9. The lowest BCUT2D eigenvalue weighted by Gasteiger charge is -2.15. The number of thiophene rings is 1. The SMILES string of the molecule is c1ccc(-c2nc(-c3nc(-c4cc5ccccc5c5ccccc45)nc(-c4cc5ccccc5c5ccccc45)n3)cc(-c3cccc4c3sc3ccccc34)n2)cc1. The molecule has 0 aliphatic heterocycles. The maximum Gasteiger partial charge on any atom is 0.182 e. The molecule has 0 radical (unpaired) electrons. The van der Waals surface area contributed by atoms with E-state index in [2.05, 4.69) is 164 Å². The highest BCUT2D eigenvalue weighted by atomic mass is 32.1. The van der Waals surface area contributed by atoms with Gasteiger partial charge < -0.3 is 0 Å². The Balaban J connectivity index is 1.17. The Morgan fingerprint density at radius 3 is 1.42 bits per heavy atom. The molecule has 3 heterocycles. The minimum absolute atomic E-state index is 0.476. The number of rotatable bonds is 5. The van der Waals surface area contributed by atoms with Crippen LogP contribution in [0, 0.1) is 0 Å². The van der Waals surface area contributed by atoms with Gasteiger partial charge in [0.05, 0.1) is 5.69 Å². The van der Waals surface area contributed by atoms with E-state index in [1.165, 1.54) is 30.9 Å². The molecule has 0 unspecified atom stereocenters. The quantitative estimate of drug-likeness (QED) is 0.163. The lowest BCUT2D eigenvalue weighted by molar-refractivity contribution is 1.05. The molecule has 9 aromatic carbocycles. The molecule has 12 rings (SSSR count). The predicted octanol–water partition coefficient (Wildman–Crippen LogP) is 14.0. The molecule has 6 heteroatoms. The van der Waals surface area contributed by atoms with E-state index in [4.69, 9.17) is 24.9 Å². The monoisotopic (exact) mass is 769 g/mol. The minimum Gasteiger partial charge on any atom is -0.228 e. The predicted molar refractivity (Wildman–Crippen MR) is 246 cm³/mol. The van der Waals surface area contributed by atoms with Crippen LogP contribution in [0.4, 0.5) is 0 Å². The van der Waals surface area contributed by atoms with Crippen LogP contribution in [0.15, 0.2) is 188 Å². The van der Waals surface area contributed by atoms with Crippen molar-refractivity contribution in [3.05, 3.63) is 188 Å². The summed E-state index contributed by atoms with van der Waals surface area (Å²) in [6.07, 6.45) is 0. The number of hydrogen-bond acceptors (Lipinski definition) is 6. The van der Waals surface area contributed by atoms with Crippen LogP contribution >= 0.6 is 11.3 Å². The zero-order valence-corrected chi connectivity index (χ0v) is 32.4. The van der Waals surface area contributed by atoms with Crippen molar-refractivity contribution in [2.75, 3.05) is 0 Å². The molecule has 0 spiro atoms. The molecule has 0 aliphatic rings. The zero-order valence-electron chi connectivity index (χ0n) is 31.5. The third-order valence-electron chi connectivity index (χ3n) is 11.3. The van der Waals surface area contributed by atoms with Gasteiger partial charge in [0.1, 0.15) is 5.69 Å². The second-order valence-corrected chi connectivity index (χ2v) is 15.8. The Morgan fingerprint density at radius 1 is 0.288 bits per heavy atom. The van der Waals surface area contributed by atoms with Crippen molar-refractivity contribution in [3.63, 3.8) is 0 Å². The van der Waals surface area contributed by atoms with E-state index in [-0.39, 0.29) is 0 Å². The van der Waals surface area contributed by atoms with E-state index in [9.17, 15) is 0 Å². The van der Waals surface area contributed by atoms with Gasteiger partial charge in [-0.15, -0.1) is 11.3 Å². The summed E-state index contributed by atoms with van der Waals surface area (Å²) in [7, 11) is 0. The highest BCUT2D eigenvalue weighted by Gasteiger charge is 2.21. The van der Waals surface area contributed by atoms with Gasteiger partial charge in [-0.1, -0.05) is 164 Å². The Bertz CT molecular complexity index is 3500. The summed E-state index contributed by atoms with van der Waals surface area (Å²) in [6, 6.07) is 65.7. The van der Waals surface area contributed by atoms with E-state index in [1.807, 2.05) is 24.3 Å². The van der Waals surface area contributed by atoms with E-state index in [0.717, 1.165) is 60.3 Å². The Morgan fingerprint density at radius 2 is 0.780 bits per heavy atom. The number of hydrogen-bond donors (Lipinski definition) is 0. The summed E-state index contributed by atoms with van der Waals surface area (Å²) in [4.78, 5) is 26.6. The number of nitrogens with zero attached hydrogens (tertiary/aromatic N) is 5. The molecular weight excluding hydrogens is 739 g/mol. The van der Waals surface area contributed by atoms with Crippen LogP contribution in [-0.4, -0.2) is 24.9 Å². The van der Waals surface area contributed by atoms with Gasteiger partial charge in [0.15, 0.2) is 23.3 Å². The van der Waals surface area contributed by atoms with Gasteiger partial charge in [0.25, 0.3) is 0 Å². The molecule has 0 N–H and O–H groups in total. The first-order chi connectivity index (χ1) is 29.2. The molecule has 12 aromatic rings. The molecule has 0 atom stereocenters. The second kappa shape index (κ2) is 13.5. The summed E-state index contributed by atoms with van der Waals surface area (Å²) in [6.45, 7) is 0. The van der Waals surface area contributed by atoms with Gasteiger partial charge in [-0.2, -0.15) is 0 Å². The highest BCUT2D eigenvalue weighted by molar-refractivity contribution is 7.26. The smallest absolute Gasteiger partial charge is 0.182 e. The Kier molecular flexibility index (Phi) is 7.64. The molecule has 0 bridgehead atoms. The molecule has 5 nitrogen and oxygen atoms in total. The molecule has 0 saturated heterocycles. The molecule has 0 saturated carbocycles. The van der Waals surface area contributed by atoms with Crippen molar-refractivity contribution >= 4 is 74.6 Å². The van der Waals surface area contributed by atoms with E-state index >= 15 is 0 Å². The number of aromatic nitrogens is 5. The van der Waals surface area contributed by atoms with Gasteiger partial charge in [-0.05, 0) is 67.4 Å². The van der Waals surface area contributed by atoms with Crippen LogP contribution in [0.2, 0.25) is 0 Å². The van der Waals surface area contributed by atoms with Crippen LogP contribution in [-0.2, 0) is 0 Å². The Hall–Kier alpha value is -7.67. The van der Waals surface area contributed by atoms with Crippen LogP contribution in [0.5, 0.6) is 0 Å². The largest absolute Gasteiger partial charge is 0.228 e. The first-order valence-corrected chi connectivity index (χ1v) is 20.5. The molecule has 0 fully saturated rings. The highest BCUT2D eigenvalue weighted by Crippen LogP contribution is 2.42. The standard InChI is InChI=1S/C53H31N5S/c1-2-15-32(16-3-1)50-54-46(43-27-14-26-42-41-25-12-13-28-48(41)59-49(42)43)31-47(55-50)53-57-51(44-29-33-17-4-6-19-35(33)37-21-8-10-23-39(37)44)56-52(58-53)45-30-34-18-5-7-20-36(34)38-22-9-11-24-40(38)45/h1-31H. The van der Waals surface area contributed by atoms with Crippen LogP contribution < -0.4 is 0 Å². The first kappa shape index (κ1) is 33.5. The third kappa shape index (κ3) is 5.57. The number of fused-ring (bicyclic) bond motifs is 9. The molecule has 59 heavy (non-hydrogen) atoms. The minimum atomic E-state index is 0.476. The molecular formula is C53H31N5S. The third-order valence-corrected chi connectivity index (χ3v) is 12.5. The fraction of sp³-hybridized carbons (Fsp3) is 0. The van der Waals surface area contributed by atoms with Crippen molar-refractivity contribution < 1.29 is 0 Å². The van der Waals surface area contributed by atoms with E-state index < -0.39 is 0 Å². The fourth-order valence-corrected chi connectivity index (χ4v) is 9.80. The summed E-state index contributed by atoms with van der Waals surface area (Å²) in [5, 5.41) is 11.5. The summed E-state index contributed by atoms with van der Waals surface area (Å²) in [5.41, 5.74) is 5.24. The first-order valence-electron chi connectivity index (χ1n) is 19.7. The van der Waals surface area contributed by atoms with Crippen molar-refractivity contribution in [2.24, 2.45) is 0 Å². The topological polar surface area (TPSA) is 64.5 Å². The fourth-order valence-electron chi connectivity index (χ4n) is 8.57. The van der Waals surface area contributed by atoms with Crippen molar-refractivity contribution in [1.82, 2.24) is 24.9 Å². The van der Waals surface area contributed by atoms with Gasteiger partial charge in [-0.3, -0.25) is 0 Å². The Labute approximate surface area is 343 Å². The van der Waals surface area contributed by atoms with Crippen LogP contribution in [0.3, 0.4) is 0 Å². The van der Waals surface area contributed by atoms with E-state index in [0.29, 0.717) is 29.0 Å². The molecule has 3 aromatic heterocycles. The average molecular weight is 770 g/mol. The average Bonchev–Trinajstić information content (AvgIpc) is 3.70. The molecule has 0 amide bonds. The zero-order chi connectivity index (χ0) is 38.9. The summed E-state index contributed by atoms with van der Waals surface area (Å²) < 4.78 is 2.42. The van der Waals surface area contributed by atoms with Gasteiger partial charge in [0.2, 0.25) is 0 Å². The second-order valence-electron chi connectivity index (χ2n) is 14.8. The lowest BCUT2D eigenvalue weighted by atomic mass is 9.96. The normalized spacial score (nSPS) is 11.7. The molecule has 274 valence electrons. The van der Waals surface area contributed by atoms with Crippen molar-refractivity contribution in [3.8, 4) is 56.9 Å². The van der Waals surface area contributed by atoms with Gasteiger partial charge in [0, 0.05) is 42.4 Å². The summed E-state index contributed by atoms with van der Waals surface area (Å²) in [5.74, 6) is 2.24. The van der Waals surface area contributed by atoms with Crippen molar-refractivity contribution in [1.29, 1.82) is 0 Å². The van der Waals surface area contributed by atoms with Crippen LogP contribution in [0.1, 0.15) is 0 Å². The molecule has 0 aliphatic carbocycles. The maximum absolute atomic E-state index is 5.38. The maximum atomic E-state index is 5.38. The van der Waals surface area contributed by atoms with E-state index in [1.54, 1.807) is 11.3 Å². The van der Waals surface area contributed by atoms with Gasteiger partial charge in [-0.25, -0.2) is 24.9 Å². The van der Waals surface area contributed by atoms with Gasteiger partial charge >= 0.3 is 0 Å². The van der Waals surface area contributed by atoms with Crippen LogP contribution in [0.25, 0.3) is 120 Å².